The summed E-state index contributed by atoms with van der Waals surface area (Å²) in [6.07, 6.45) is 2.36. The van der Waals surface area contributed by atoms with Crippen LogP contribution in [0.3, 0.4) is 0 Å². The molecule has 1 aliphatic heterocycles. The highest BCUT2D eigenvalue weighted by atomic mass is 19.1. The zero-order chi connectivity index (χ0) is 12.8. The standard InChI is InChI=1S/C14H29FN2/c1-5-12(4)14-9-16-13(8-11(2)3)10-17(14)7-6-15/h11-14,16H,5-10H2,1-4H3. The van der Waals surface area contributed by atoms with Crippen LogP contribution in [-0.2, 0) is 0 Å². The molecule has 0 amide bonds. The zero-order valence-electron chi connectivity index (χ0n) is 11.9. The summed E-state index contributed by atoms with van der Waals surface area (Å²) in [5, 5.41) is 3.64. The summed E-state index contributed by atoms with van der Waals surface area (Å²) < 4.78 is 12.6. The van der Waals surface area contributed by atoms with E-state index in [4.69, 9.17) is 0 Å². The molecule has 102 valence electrons. The molecule has 3 atom stereocenters. The second-order valence-electron chi connectivity index (χ2n) is 5.87. The molecule has 1 saturated heterocycles. The van der Waals surface area contributed by atoms with Crippen LogP contribution in [0.25, 0.3) is 0 Å². The Balaban J connectivity index is 2.54. The van der Waals surface area contributed by atoms with Gasteiger partial charge in [-0.1, -0.05) is 34.1 Å². The summed E-state index contributed by atoms with van der Waals surface area (Å²) in [5.41, 5.74) is 0. The van der Waals surface area contributed by atoms with Gasteiger partial charge in [0.1, 0.15) is 6.67 Å². The maximum atomic E-state index is 12.6. The largest absolute Gasteiger partial charge is 0.311 e. The monoisotopic (exact) mass is 244 g/mol. The summed E-state index contributed by atoms with van der Waals surface area (Å²) >= 11 is 0. The maximum Gasteiger partial charge on any atom is 0.102 e. The third-order valence-corrected chi connectivity index (χ3v) is 3.97. The lowest BCUT2D eigenvalue weighted by atomic mass is 9.92. The van der Waals surface area contributed by atoms with Gasteiger partial charge in [0, 0.05) is 31.7 Å². The van der Waals surface area contributed by atoms with Crippen molar-refractivity contribution in [2.24, 2.45) is 11.8 Å². The molecular formula is C14H29FN2. The number of piperazine rings is 1. The van der Waals surface area contributed by atoms with Crippen molar-refractivity contribution < 1.29 is 4.39 Å². The van der Waals surface area contributed by atoms with Gasteiger partial charge in [-0.2, -0.15) is 0 Å². The molecular weight excluding hydrogens is 215 g/mol. The van der Waals surface area contributed by atoms with Gasteiger partial charge < -0.3 is 5.32 Å². The first-order chi connectivity index (χ1) is 8.08. The Bertz CT molecular complexity index is 208. The normalized spacial score (nSPS) is 28.6. The van der Waals surface area contributed by atoms with Crippen LogP contribution < -0.4 is 5.32 Å². The third-order valence-electron chi connectivity index (χ3n) is 3.97. The van der Waals surface area contributed by atoms with Crippen LogP contribution in [0.2, 0.25) is 0 Å². The highest BCUT2D eigenvalue weighted by Gasteiger charge is 2.30. The molecule has 0 saturated carbocycles. The van der Waals surface area contributed by atoms with Crippen molar-refractivity contribution in [1.82, 2.24) is 10.2 Å². The van der Waals surface area contributed by atoms with Crippen molar-refractivity contribution in [3.8, 4) is 0 Å². The van der Waals surface area contributed by atoms with Gasteiger partial charge in [-0.15, -0.1) is 0 Å². The molecule has 1 aliphatic rings. The average Bonchev–Trinajstić information content (AvgIpc) is 2.28. The Morgan fingerprint density at radius 1 is 1.35 bits per heavy atom. The Morgan fingerprint density at radius 2 is 2.06 bits per heavy atom. The first-order valence-electron chi connectivity index (χ1n) is 7.11. The first-order valence-corrected chi connectivity index (χ1v) is 7.11. The van der Waals surface area contributed by atoms with E-state index in [0.717, 1.165) is 13.1 Å². The van der Waals surface area contributed by atoms with E-state index >= 15 is 0 Å². The lowest BCUT2D eigenvalue weighted by Gasteiger charge is -2.43. The molecule has 0 aromatic carbocycles. The number of alkyl halides is 1. The number of hydrogen-bond donors (Lipinski definition) is 1. The van der Waals surface area contributed by atoms with Crippen LogP contribution >= 0.6 is 0 Å². The topological polar surface area (TPSA) is 15.3 Å². The first kappa shape index (κ1) is 14.9. The van der Waals surface area contributed by atoms with Crippen LogP contribution in [0.1, 0.15) is 40.5 Å². The van der Waals surface area contributed by atoms with Gasteiger partial charge in [0.2, 0.25) is 0 Å². The number of halogens is 1. The maximum absolute atomic E-state index is 12.6. The van der Waals surface area contributed by atoms with Gasteiger partial charge in [0.15, 0.2) is 0 Å². The summed E-state index contributed by atoms with van der Waals surface area (Å²) in [5.74, 6) is 1.36. The molecule has 3 heteroatoms. The molecule has 1 rings (SSSR count). The second kappa shape index (κ2) is 7.32. The summed E-state index contributed by atoms with van der Waals surface area (Å²) in [6, 6.07) is 1.06. The minimum absolute atomic E-state index is 0.221. The molecule has 1 heterocycles. The van der Waals surface area contributed by atoms with Crippen molar-refractivity contribution in [2.45, 2.75) is 52.6 Å². The highest BCUT2D eigenvalue weighted by molar-refractivity contribution is 4.88. The molecule has 1 fully saturated rings. The molecule has 0 aromatic rings. The molecule has 0 radical (unpaired) electrons. The fraction of sp³-hybridized carbons (Fsp3) is 1.00. The van der Waals surface area contributed by atoms with E-state index in [1.54, 1.807) is 0 Å². The van der Waals surface area contributed by atoms with E-state index in [-0.39, 0.29) is 6.67 Å². The van der Waals surface area contributed by atoms with E-state index in [9.17, 15) is 4.39 Å². The molecule has 0 bridgehead atoms. The number of nitrogens with zero attached hydrogens (tertiary/aromatic N) is 1. The Labute approximate surface area is 106 Å². The van der Waals surface area contributed by atoms with Gasteiger partial charge in [-0.05, 0) is 18.3 Å². The number of nitrogens with one attached hydrogen (secondary N) is 1. The number of hydrogen-bond acceptors (Lipinski definition) is 2. The van der Waals surface area contributed by atoms with Crippen molar-refractivity contribution in [1.29, 1.82) is 0 Å². The minimum Gasteiger partial charge on any atom is -0.311 e. The summed E-state index contributed by atoms with van der Waals surface area (Å²) in [4.78, 5) is 2.36. The summed E-state index contributed by atoms with van der Waals surface area (Å²) in [6.45, 7) is 11.4. The van der Waals surface area contributed by atoms with Crippen molar-refractivity contribution >= 4 is 0 Å². The van der Waals surface area contributed by atoms with E-state index in [2.05, 4.69) is 37.9 Å². The molecule has 17 heavy (non-hydrogen) atoms. The highest BCUT2D eigenvalue weighted by Crippen LogP contribution is 2.20. The van der Waals surface area contributed by atoms with Crippen LogP contribution in [0.5, 0.6) is 0 Å². The summed E-state index contributed by atoms with van der Waals surface area (Å²) in [7, 11) is 0. The van der Waals surface area contributed by atoms with Gasteiger partial charge in [0.05, 0.1) is 0 Å². The van der Waals surface area contributed by atoms with E-state index < -0.39 is 0 Å². The van der Waals surface area contributed by atoms with Crippen LogP contribution in [0, 0.1) is 11.8 Å². The van der Waals surface area contributed by atoms with Crippen molar-refractivity contribution in [3.05, 3.63) is 0 Å². The molecule has 0 aliphatic carbocycles. The van der Waals surface area contributed by atoms with Crippen LogP contribution in [0.15, 0.2) is 0 Å². The molecule has 0 spiro atoms. The van der Waals surface area contributed by atoms with Crippen molar-refractivity contribution in [3.63, 3.8) is 0 Å². The molecule has 3 unspecified atom stereocenters. The minimum atomic E-state index is -0.221. The predicted octanol–water partition coefficient (Wildman–Crippen LogP) is 2.69. The van der Waals surface area contributed by atoms with E-state index in [1.807, 2.05) is 0 Å². The van der Waals surface area contributed by atoms with Crippen LogP contribution in [-0.4, -0.2) is 43.3 Å². The SMILES string of the molecule is CCC(C)C1CNC(CC(C)C)CN1CCF. The lowest BCUT2D eigenvalue weighted by Crippen LogP contribution is -2.59. The Morgan fingerprint density at radius 3 is 2.59 bits per heavy atom. The smallest absolute Gasteiger partial charge is 0.102 e. The fourth-order valence-corrected chi connectivity index (χ4v) is 2.83. The van der Waals surface area contributed by atoms with Gasteiger partial charge in [-0.25, -0.2) is 4.39 Å². The number of rotatable bonds is 6. The van der Waals surface area contributed by atoms with Crippen molar-refractivity contribution in [2.75, 3.05) is 26.3 Å². The predicted molar refractivity (Wildman–Crippen MR) is 72.0 cm³/mol. The third kappa shape index (κ3) is 4.55. The Kier molecular flexibility index (Phi) is 6.42. The quantitative estimate of drug-likeness (QED) is 0.773. The molecule has 0 aromatic heterocycles. The lowest BCUT2D eigenvalue weighted by molar-refractivity contribution is 0.0796. The van der Waals surface area contributed by atoms with Crippen LogP contribution in [0.4, 0.5) is 4.39 Å². The molecule has 1 N–H and O–H groups in total. The van der Waals surface area contributed by atoms with Gasteiger partial charge >= 0.3 is 0 Å². The fourth-order valence-electron chi connectivity index (χ4n) is 2.83. The van der Waals surface area contributed by atoms with E-state index in [1.165, 1.54) is 12.8 Å². The average molecular weight is 244 g/mol. The van der Waals surface area contributed by atoms with E-state index in [0.29, 0.717) is 30.5 Å². The van der Waals surface area contributed by atoms with Gasteiger partial charge in [-0.3, -0.25) is 4.90 Å². The Hall–Kier alpha value is -0.150. The van der Waals surface area contributed by atoms with Gasteiger partial charge in [0.25, 0.3) is 0 Å². The molecule has 2 nitrogen and oxygen atoms in total. The second-order valence-corrected chi connectivity index (χ2v) is 5.87. The zero-order valence-corrected chi connectivity index (χ0v) is 11.9.